The third-order valence-corrected chi connectivity index (χ3v) is 3.38. The number of carbonyl (C=O) groups is 1. The van der Waals surface area contributed by atoms with Gasteiger partial charge in [0.05, 0.1) is 6.10 Å². The summed E-state index contributed by atoms with van der Waals surface area (Å²) in [6.45, 7) is 6.02. The van der Waals surface area contributed by atoms with Crippen LogP contribution in [0.3, 0.4) is 0 Å². The van der Waals surface area contributed by atoms with Crippen LogP contribution in [0.4, 0.5) is 0 Å². The van der Waals surface area contributed by atoms with Gasteiger partial charge in [-0.2, -0.15) is 0 Å². The fraction of sp³-hybridized carbons (Fsp3) is 0.923. The van der Waals surface area contributed by atoms with E-state index in [1.807, 2.05) is 20.8 Å². The summed E-state index contributed by atoms with van der Waals surface area (Å²) in [5.41, 5.74) is -0.181. The van der Waals surface area contributed by atoms with Crippen LogP contribution in [0.5, 0.6) is 0 Å². The van der Waals surface area contributed by atoms with E-state index in [9.17, 15) is 4.79 Å². The van der Waals surface area contributed by atoms with Gasteiger partial charge in [-0.25, -0.2) is 0 Å². The molecule has 2 unspecified atom stereocenters. The Morgan fingerprint density at radius 3 is 2.53 bits per heavy atom. The molecule has 0 spiro atoms. The molecule has 2 nitrogen and oxygen atoms in total. The molecule has 1 aliphatic rings. The highest BCUT2D eigenvalue weighted by atomic mass is 16.5. The minimum Gasteiger partial charge on any atom is -0.381 e. The van der Waals surface area contributed by atoms with E-state index in [1.54, 1.807) is 7.11 Å². The molecule has 0 radical (unpaired) electrons. The molecule has 1 rings (SSSR count). The maximum atomic E-state index is 11.9. The van der Waals surface area contributed by atoms with Crippen LogP contribution in [-0.4, -0.2) is 19.0 Å². The van der Waals surface area contributed by atoms with Crippen molar-refractivity contribution in [2.45, 2.75) is 59.0 Å². The first-order chi connectivity index (χ1) is 6.93. The van der Waals surface area contributed by atoms with Crippen LogP contribution in [0.1, 0.15) is 52.9 Å². The van der Waals surface area contributed by atoms with E-state index in [1.165, 1.54) is 12.8 Å². The number of hydrogen-bond donors (Lipinski definition) is 0. The molecule has 0 aromatic rings. The molecule has 2 heteroatoms. The van der Waals surface area contributed by atoms with Gasteiger partial charge in [0.2, 0.25) is 0 Å². The van der Waals surface area contributed by atoms with Crippen molar-refractivity contribution in [2.24, 2.45) is 11.3 Å². The van der Waals surface area contributed by atoms with Gasteiger partial charge in [-0.3, -0.25) is 4.79 Å². The number of carbonyl (C=O) groups excluding carboxylic acids is 1. The normalized spacial score (nSPS) is 27.7. The van der Waals surface area contributed by atoms with E-state index in [-0.39, 0.29) is 5.41 Å². The van der Waals surface area contributed by atoms with E-state index in [2.05, 4.69) is 0 Å². The van der Waals surface area contributed by atoms with Crippen molar-refractivity contribution in [3.05, 3.63) is 0 Å². The summed E-state index contributed by atoms with van der Waals surface area (Å²) < 4.78 is 5.38. The van der Waals surface area contributed by atoms with Crippen molar-refractivity contribution < 1.29 is 9.53 Å². The van der Waals surface area contributed by atoms with Crippen molar-refractivity contribution in [1.82, 2.24) is 0 Å². The lowest BCUT2D eigenvalue weighted by molar-refractivity contribution is -0.127. The van der Waals surface area contributed by atoms with E-state index in [0.717, 1.165) is 19.3 Å². The van der Waals surface area contributed by atoms with Gasteiger partial charge in [0.25, 0.3) is 0 Å². The largest absolute Gasteiger partial charge is 0.381 e. The third kappa shape index (κ3) is 3.94. The first-order valence-corrected chi connectivity index (χ1v) is 5.99. The SMILES string of the molecule is COC1CCCC(CC(=O)C(C)(C)C)C1. The lowest BCUT2D eigenvalue weighted by atomic mass is 9.79. The Morgan fingerprint density at radius 2 is 2.00 bits per heavy atom. The molecule has 1 fully saturated rings. The molecule has 0 amide bonds. The number of ketones is 1. The summed E-state index contributed by atoms with van der Waals surface area (Å²) in [5.74, 6) is 0.944. The fourth-order valence-corrected chi connectivity index (χ4v) is 2.21. The van der Waals surface area contributed by atoms with Gasteiger partial charge in [0.15, 0.2) is 0 Å². The Kier molecular flexibility index (Phi) is 4.32. The zero-order valence-electron chi connectivity index (χ0n) is 10.5. The molecule has 0 aromatic carbocycles. The molecule has 2 atom stereocenters. The van der Waals surface area contributed by atoms with Crippen LogP contribution in [0.2, 0.25) is 0 Å². The Morgan fingerprint density at radius 1 is 1.33 bits per heavy atom. The number of rotatable bonds is 3. The summed E-state index contributed by atoms with van der Waals surface area (Å²) in [6, 6.07) is 0. The van der Waals surface area contributed by atoms with Gasteiger partial charge >= 0.3 is 0 Å². The molecule has 0 heterocycles. The molecule has 0 aromatic heterocycles. The monoisotopic (exact) mass is 212 g/mol. The Balaban J connectivity index is 2.41. The molecule has 15 heavy (non-hydrogen) atoms. The van der Waals surface area contributed by atoms with Crippen LogP contribution in [-0.2, 0) is 9.53 Å². The minimum atomic E-state index is -0.181. The van der Waals surface area contributed by atoms with Crippen molar-refractivity contribution in [1.29, 1.82) is 0 Å². The molecule has 0 aliphatic heterocycles. The maximum absolute atomic E-state index is 11.9. The van der Waals surface area contributed by atoms with E-state index < -0.39 is 0 Å². The van der Waals surface area contributed by atoms with E-state index in [4.69, 9.17) is 4.74 Å². The highest BCUT2D eigenvalue weighted by Gasteiger charge is 2.28. The lowest BCUT2D eigenvalue weighted by Gasteiger charge is -2.29. The second kappa shape index (κ2) is 5.11. The maximum Gasteiger partial charge on any atom is 0.138 e. The van der Waals surface area contributed by atoms with Gasteiger partial charge < -0.3 is 4.74 Å². The predicted octanol–water partition coefficient (Wildman–Crippen LogP) is 3.20. The zero-order valence-corrected chi connectivity index (χ0v) is 10.5. The number of methoxy groups -OCH3 is 1. The molecule has 1 saturated carbocycles. The second-order valence-corrected chi connectivity index (χ2v) is 5.77. The molecule has 0 bridgehead atoms. The van der Waals surface area contributed by atoms with Crippen LogP contribution < -0.4 is 0 Å². The van der Waals surface area contributed by atoms with Gasteiger partial charge in [-0.05, 0) is 25.2 Å². The van der Waals surface area contributed by atoms with Crippen molar-refractivity contribution >= 4 is 5.78 Å². The molecular formula is C13H24O2. The predicted molar refractivity (Wildman–Crippen MR) is 61.8 cm³/mol. The molecule has 0 N–H and O–H groups in total. The van der Waals surface area contributed by atoms with Gasteiger partial charge in [-0.1, -0.05) is 27.2 Å². The summed E-state index contributed by atoms with van der Waals surface area (Å²) in [5, 5.41) is 0. The van der Waals surface area contributed by atoms with Crippen LogP contribution in [0, 0.1) is 11.3 Å². The van der Waals surface area contributed by atoms with Crippen molar-refractivity contribution in [3.63, 3.8) is 0 Å². The Bertz CT molecular complexity index is 215. The highest BCUT2D eigenvalue weighted by Crippen LogP contribution is 2.31. The molecule has 0 saturated heterocycles. The number of Topliss-reactive ketones (excluding diaryl/α,β-unsaturated/α-hetero) is 1. The molecule has 88 valence electrons. The second-order valence-electron chi connectivity index (χ2n) is 5.77. The highest BCUT2D eigenvalue weighted by molar-refractivity contribution is 5.83. The lowest BCUT2D eigenvalue weighted by Crippen LogP contribution is -2.27. The van der Waals surface area contributed by atoms with Crippen LogP contribution in [0.25, 0.3) is 0 Å². The molecule has 1 aliphatic carbocycles. The Labute approximate surface area is 93.4 Å². The summed E-state index contributed by atoms with van der Waals surface area (Å²) in [4.78, 5) is 11.9. The minimum absolute atomic E-state index is 0.181. The summed E-state index contributed by atoms with van der Waals surface area (Å²) >= 11 is 0. The third-order valence-electron chi connectivity index (χ3n) is 3.38. The van der Waals surface area contributed by atoms with Crippen LogP contribution in [0.15, 0.2) is 0 Å². The topological polar surface area (TPSA) is 26.3 Å². The van der Waals surface area contributed by atoms with Gasteiger partial charge in [0.1, 0.15) is 5.78 Å². The number of ether oxygens (including phenoxy) is 1. The van der Waals surface area contributed by atoms with Gasteiger partial charge in [-0.15, -0.1) is 0 Å². The smallest absolute Gasteiger partial charge is 0.138 e. The average molecular weight is 212 g/mol. The van der Waals surface area contributed by atoms with E-state index in [0.29, 0.717) is 17.8 Å². The number of hydrogen-bond acceptors (Lipinski definition) is 2. The zero-order chi connectivity index (χ0) is 11.5. The standard InChI is InChI=1S/C13H24O2/c1-13(2,3)12(14)9-10-6-5-7-11(8-10)15-4/h10-11H,5-9H2,1-4H3. The molecular weight excluding hydrogens is 188 g/mol. The first-order valence-electron chi connectivity index (χ1n) is 5.99. The summed E-state index contributed by atoms with van der Waals surface area (Å²) in [6.07, 6.45) is 5.76. The Hall–Kier alpha value is -0.370. The summed E-state index contributed by atoms with van der Waals surface area (Å²) in [7, 11) is 1.78. The van der Waals surface area contributed by atoms with Crippen molar-refractivity contribution in [3.8, 4) is 0 Å². The van der Waals surface area contributed by atoms with Crippen LogP contribution >= 0.6 is 0 Å². The van der Waals surface area contributed by atoms with Crippen molar-refractivity contribution in [2.75, 3.05) is 7.11 Å². The quantitative estimate of drug-likeness (QED) is 0.718. The van der Waals surface area contributed by atoms with E-state index >= 15 is 0 Å². The fourth-order valence-electron chi connectivity index (χ4n) is 2.21. The van der Waals surface area contributed by atoms with Gasteiger partial charge in [0, 0.05) is 18.9 Å². The first kappa shape index (κ1) is 12.7. The average Bonchev–Trinajstić information content (AvgIpc) is 2.16.